The molecule has 0 radical (unpaired) electrons. The molecule has 2 spiro atoms. The highest BCUT2D eigenvalue weighted by atomic mass is 32.2. The smallest absolute Gasteiger partial charge is 0.345 e. The number of aromatic nitrogens is 1. The minimum Gasteiger partial charge on any atom is -0.466 e. The van der Waals surface area contributed by atoms with Crippen LogP contribution in [0.15, 0.2) is 40.6 Å². The fourth-order valence-corrected chi connectivity index (χ4v) is 14.4. The Balaban J connectivity index is 2.02. The van der Waals surface area contributed by atoms with E-state index in [2.05, 4.69) is 0 Å². The lowest BCUT2D eigenvalue weighted by atomic mass is 10.0. The number of carbonyl (C=O) groups is 8. The molecule has 3 aliphatic heterocycles. The van der Waals surface area contributed by atoms with E-state index in [0.717, 1.165) is 56.9 Å². The maximum absolute atomic E-state index is 14.0. The molecule has 0 saturated heterocycles. The topological polar surface area (TPSA) is 215 Å². The summed E-state index contributed by atoms with van der Waals surface area (Å²) in [7, 11) is 8.57. The van der Waals surface area contributed by atoms with Crippen LogP contribution in [-0.2, 0) is 91.0 Å². The van der Waals surface area contributed by atoms with Crippen molar-refractivity contribution in [3.8, 4) is 0 Å². The Morgan fingerprint density at radius 3 is 1.15 bits per heavy atom. The van der Waals surface area contributed by atoms with Gasteiger partial charge in [0.05, 0.1) is 85.0 Å². The highest BCUT2D eigenvalue weighted by Gasteiger charge is 2.65. The van der Waals surface area contributed by atoms with Gasteiger partial charge in [0.2, 0.25) is 0 Å². The Morgan fingerprint density at radius 1 is 0.463 bits per heavy atom. The summed E-state index contributed by atoms with van der Waals surface area (Å²) >= 11 is 3.44. The monoisotopic (exact) mass is 843 g/mol. The maximum Gasteiger partial charge on any atom is 0.345 e. The fraction of sp³-hybridized carbons (Fsp3) is 0.375. The highest BCUT2D eigenvalue weighted by molar-refractivity contribution is 8.26. The summed E-state index contributed by atoms with van der Waals surface area (Å²) in [6, 6.07) is 0. The van der Waals surface area contributed by atoms with Crippen LogP contribution in [0.25, 0.3) is 5.57 Å². The van der Waals surface area contributed by atoms with Gasteiger partial charge in [-0.1, -0.05) is 58.8 Å². The number of hydrogen-bond acceptors (Lipinski definition) is 21. The molecule has 22 heteroatoms. The van der Waals surface area contributed by atoms with E-state index in [1.54, 1.807) is 11.5 Å². The molecule has 0 N–H and O–H groups in total. The van der Waals surface area contributed by atoms with Crippen LogP contribution < -0.4 is 0 Å². The normalized spacial score (nSPS) is 17.6. The molecule has 0 unspecified atom stereocenters. The zero-order valence-corrected chi connectivity index (χ0v) is 33.8. The number of esters is 8. The van der Waals surface area contributed by atoms with Crippen LogP contribution in [0.2, 0.25) is 0 Å². The zero-order chi connectivity index (χ0) is 40.0. The zero-order valence-electron chi connectivity index (χ0n) is 29.7. The average Bonchev–Trinajstić information content (AvgIpc) is 3.94. The van der Waals surface area contributed by atoms with E-state index in [1.165, 1.54) is 0 Å². The van der Waals surface area contributed by atoms with Crippen molar-refractivity contribution in [3.05, 3.63) is 52.6 Å². The lowest BCUT2D eigenvalue weighted by Crippen LogP contribution is -2.35. The third-order valence-electron chi connectivity index (χ3n) is 8.17. The first kappa shape index (κ1) is 40.9. The van der Waals surface area contributed by atoms with Crippen LogP contribution in [0.3, 0.4) is 0 Å². The van der Waals surface area contributed by atoms with Crippen molar-refractivity contribution in [1.82, 2.24) is 4.57 Å². The van der Waals surface area contributed by atoms with Crippen molar-refractivity contribution in [2.24, 2.45) is 0 Å². The molecule has 0 saturated carbocycles. The van der Waals surface area contributed by atoms with Crippen LogP contribution >= 0.6 is 58.8 Å². The summed E-state index contributed by atoms with van der Waals surface area (Å²) < 4.78 is 38.4. The van der Waals surface area contributed by atoms with Crippen LogP contribution in [-0.4, -0.2) is 109 Å². The van der Waals surface area contributed by atoms with E-state index in [1.807, 2.05) is 0 Å². The van der Waals surface area contributed by atoms with Gasteiger partial charge in [-0.05, 0) is 6.92 Å². The number of thioether (sulfide) groups is 5. The van der Waals surface area contributed by atoms with Crippen LogP contribution in [0.4, 0.5) is 0 Å². The molecular weight excluding hydrogens is 815 g/mol. The molecule has 5 rings (SSSR count). The van der Waals surface area contributed by atoms with Gasteiger partial charge in [0.15, 0.2) is 0 Å². The molecule has 1 aromatic rings. The van der Waals surface area contributed by atoms with Crippen LogP contribution in [0.5, 0.6) is 0 Å². The Bertz CT molecular complexity index is 2030. The molecule has 1 aromatic heterocycles. The summed E-state index contributed by atoms with van der Waals surface area (Å²) in [4.78, 5) is 107. The molecule has 0 bridgehead atoms. The predicted octanol–water partition coefficient (Wildman–Crippen LogP) is 2.71. The van der Waals surface area contributed by atoms with E-state index in [4.69, 9.17) is 37.9 Å². The molecule has 4 aliphatic rings. The second kappa shape index (κ2) is 15.5. The van der Waals surface area contributed by atoms with Gasteiger partial charge < -0.3 is 42.5 Å². The molecule has 1 aliphatic carbocycles. The number of hydrogen-bond donors (Lipinski definition) is 0. The van der Waals surface area contributed by atoms with E-state index in [-0.39, 0.29) is 69.6 Å². The van der Waals surface area contributed by atoms with Crippen LogP contribution in [0.1, 0.15) is 23.9 Å². The number of carbonyl (C=O) groups excluding carboxylic acids is 8. The summed E-state index contributed by atoms with van der Waals surface area (Å²) in [5.74, 6) is -8.07. The number of rotatable bonds is 9. The van der Waals surface area contributed by atoms with Crippen molar-refractivity contribution < 1.29 is 76.3 Å². The van der Waals surface area contributed by atoms with Crippen molar-refractivity contribution in [1.29, 1.82) is 0 Å². The second-order valence-corrected chi connectivity index (χ2v) is 17.0. The number of ether oxygens (including phenoxy) is 8. The SMILES string of the molecule is CCn1c2c(c3c1C1(SC(C(=O)OC)=C(C(=O)OC)S1)C(C(=O)OC)=C3C(=O)OC)SC(C(=O)OC)=C(C(=O)OC)C21SC(C(=O)OC)=C(C(=O)OC)S1. The Kier molecular flexibility index (Phi) is 11.7. The Morgan fingerprint density at radius 2 is 0.796 bits per heavy atom. The molecule has 288 valence electrons. The molecule has 54 heavy (non-hydrogen) atoms. The average molecular weight is 844 g/mol. The maximum atomic E-state index is 14.0. The van der Waals surface area contributed by atoms with Gasteiger partial charge in [-0.2, -0.15) is 0 Å². The van der Waals surface area contributed by atoms with Crippen molar-refractivity contribution in [2.45, 2.75) is 26.5 Å². The lowest BCUT2D eigenvalue weighted by Gasteiger charge is -2.37. The van der Waals surface area contributed by atoms with Crippen molar-refractivity contribution in [3.63, 3.8) is 0 Å². The molecule has 0 aromatic carbocycles. The minimum absolute atomic E-state index is 0.00328. The van der Waals surface area contributed by atoms with Gasteiger partial charge in [0.25, 0.3) is 0 Å². The predicted molar refractivity (Wildman–Crippen MR) is 194 cm³/mol. The van der Waals surface area contributed by atoms with E-state index in [9.17, 15) is 38.4 Å². The summed E-state index contributed by atoms with van der Waals surface area (Å²) in [5.41, 5.74) is -0.808. The largest absolute Gasteiger partial charge is 0.466 e. The van der Waals surface area contributed by atoms with Gasteiger partial charge in [-0.3, -0.25) is 0 Å². The first-order valence-corrected chi connectivity index (χ1v) is 19.1. The van der Waals surface area contributed by atoms with Gasteiger partial charge >= 0.3 is 47.8 Å². The summed E-state index contributed by atoms with van der Waals surface area (Å²) in [6.45, 7) is 1.66. The van der Waals surface area contributed by atoms with Crippen LogP contribution in [0, 0.1) is 0 Å². The van der Waals surface area contributed by atoms with Gasteiger partial charge in [-0.15, -0.1) is 0 Å². The van der Waals surface area contributed by atoms with Gasteiger partial charge in [0, 0.05) is 17.0 Å². The molecular formula is C32H29NO16S5. The number of methoxy groups -OCH3 is 8. The summed E-state index contributed by atoms with van der Waals surface area (Å²) in [6.07, 6.45) is 0. The lowest BCUT2D eigenvalue weighted by molar-refractivity contribution is -0.139. The summed E-state index contributed by atoms with van der Waals surface area (Å²) in [5, 5.41) is 0. The van der Waals surface area contributed by atoms with E-state index >= 15 is 0 Å². The highest BCUT2D eigenvalue weighted by Crippen LogP contribution is 2.75. The van der Waals surface area contributed by atoms with Gasteiger partial charge in [-0.25, -0.2) is 38.4 Å². The second-order valence-electron chi connectivity index (χ2n) is 10.6. The van der Waals surface area contributed by atoms with Crippen molar-refractivity contribution in [2.75, 3.05) is 56.9 Å². The standard InChI is InChI=1S/C32H29NO16S5/c1-10-33-21-12(11(23(34)42-2)13(24(35)43-3)31(21)51-17(27(38)46-6)18(52-31)28(39)47-7)15-22(33)32(14(25(36)44-4)16(50-15)26(37)45-5)53-19(29(40)48-8)20(54-32)30(41)49-9/h10H2,1-9H3. The Hall–Kier alpha value is -4.25. The first-order chi connectivity index (χ1) is 25.7. The number of fused-ring (bicyclic) bond motifs is 5. The van der Waals surface area contributed by atoms with Gasteiger partial charge in [0.1, 0.15) is 32.7 Å². The quantitative estimate of drug-likeness (QED) is 0.258. The van der Waals surface area contributed by atoms with E-state index in [0.29, 0.717) is 58.8 Å². The minimum atomic E-state index is -1.96. The Labute approximate surface area is 327 Å². The fourth-order valence-electron chi connectivity index (χ4n) is 6.06. The first-order valence-electron chi connectivity index (χ1n) is 15.0. The molecule has 0 fully saturated rings. The third-order valence-corrected chi connectivity index (χ3v) is 15.6. The molecule has 0 amide bonds. The molecule has 0 atom stereocenters. The van der Waals surface area contributed by atoms with E-state index < -0.39 is 55.9 Å². The molecule has 17 nitrogen and oxygen atoms in total. The number of nitrogens with zero attached hydrogens (tertiary/aromatic N) is 1. The molecule has 4 heterocycles. The van der Waals surface area contributed by atoms with Crippen molar-refractivity contribution >= 4 is 112 Å². The third kappa shape index (κ3) is 5.83.